The summed E-state index contributed by atoms with van der Waals surface area (Å²) in [6.07, 6.45) is 4.10. The lowest BCUT2D eigenvalue weighted by Crippen LogP contribution is -2.47. The van der Waals surface area contributed by atoms with E-state index in [2.05, 4.69) is 0 Å². The summed E-state index contributed by atoms with van der Waals surface area (Å²) in [4.78, 5) is 14.7. The number of carbonyl (C=O) groups excluding carboxylic acids is 1. The maximum atomic E-state index is 12.7. The molecule has 0 aliphatic carbocycles. The molecule has 1 saturated heterocycles. The van der Waals surface area contributed by atoms with Gasteiger partial charge in [-0.2, -0.15) is 0 Å². The third-order valence-electron chi connectivity index (χ3n) is 4.03. The highest BCUT2D eigenvalue weighted by Crippen LogP contribution is 2.22. The number of carbonyl (C=O) groups is 1. The van der Waals surface area contributed by atoms with E-state index in [1.165, 1.54) is 12.1 Å². The van der Waals surface area contributed by atoms with E-state index in [1.54, 1.807) is 11.0 Å². The normalized spacial score (nSPS) is 19.6. The second-order valence-corrected chi connectivity index (χ2v) is 7.65. The van der Waals surface area contributed by atoms with Crippen LogP contribution in [-0.4, -0.2) is 44.6 Å². The van der Waals surface area contributed by atoms with Gasteiger partial charge in [-0.05, 0) is 43.9 Å². The molecular weight excluding hydrogens is 288 g/mol. The van der Waals surface area contributed by atoms with Gasteiger partial charge < -0.3 is 10.6 Å². The average molecular weight is 310 g/mol. The molecule has 2 rings (SSSR count). The van der Waals surface area contributed by atoms with Crippen LogP contribution >= 0.6 is 0 Å². The lowest BCUT2D eigenvalue weighted by Gasteiger charge is -2.35. The van der Waals surface area contributed by atoms with Gasteiger partial charge in [-0.15, -0.1) is 0 Å². The van der Waals surface area contributed by atoms with Crippen LogP contribution < -0.4 is 5.73 Å². The number of sulfone groups is 1. The van der Waals surface area contributed by atoms with Gasteiger partial charge in [0, 0.05) is 31.0 Å². The van der Waals surface area contributed by atoms with Gasteiger partial charge in [0.2, 0.25) is 0 Å². The standard InChI is InChI=1S/C15H22N2O3S/c1-11-6-7-13(21(2,19)20)9-14(11)15(18)17-8-4-3-5-12(17)10-16/h6-7,9,12H,3-5,8,10,16H2,1-2H3. The van der Waals surface area contributed by atoms with Crippen molar-refractivity contribution in [3.63, 3.8) is 0 Å². The Balaban J connectivity index is 2.38. The van der Waals surface area contributed by atoms with Gasteiger partial charge in [-0.3, -0.25) is 4.79 Å². The summed E-state index contributed by atoms with van der Waals surface area (Å²) in [5.74, 6) is -0.117. The Labute approximate surface area is 126 Å². The van der Waals surface area contributed by atoms with Crippen molar-refractivity contribution in [2.24, 2.45) is 5.73 Å². The number of amides is 1. The Kier molecular flexibility index (Phi) is 4.68. The molecule has 0 radical (unpaired) electrons. The number of hydrogen-bond acceptors (Lipinski definition) is 4. The number of rotatable bonds is 3. The lowest BCUT2D eigenvalue weighted by atomic mass is 9.99. The van der Waals surface area contributed by atoms with Crippen LogP contribution in [0.3, 0.4) is 0 Å². The van der Waals surface area contributed by atoms with Crippen LogP contribution in [0.5, 0.6) is 0 Å². The highest BCUT2D eigenvalue weighted by molar-refractivity contribution is 7.90. The second-order valence-electron chi connectivity index (χ2n) is 5.63. The molecule has 1 atom stereocenters. The van der Waals surface area contributed by atoms with Gasteiger partial charge in [0.15, 0.2) is 9.84 Å². The first kappa shape index (κ1) is 16.0. The van der Waals surface area contributed by atoms with Crippen LogP contribution in [0.4, 0.5) is 0 Å². The summed E-state index contributed by atoms with van der Waals surface area (Å²) in [6, 6.07) is 4.76. The quantitative estimate of drug-likeness (QED) is 0.914. The zero-order valence-electron chi connectivity index (χ0n) is 12.5. The van der Waals surface area contributed by atoms with Crippen LogP contribution in [0.1, 0.15) is 35.2 Å². The monoisotopic (exact) mass is 310 g/mol. The first-order valence-electron chi connectivity index (χ1n) is 7.16. The largest absolute Gasteiger partial charge is 0.334 e. The van der Waals surface area contributed by atoms with Crippen LogP contribution in [0.2, 0.25) is 0 Å². The first-order valence-corrected chi connectivity index (χ1v) is 9.05. The molecule has 0 aromatic heterocycles. The molecule has 21 heavy (non-hydrogen) atoms. The fraction of sp³-hybridized carbons (Fsp3) is 0.533. The van der Waals surface area contributed by atoms with E-state index in [0.29, 0.717) is 18.7 Å². The van der Waals surface area contributed by atoms with Crippen LogP contribution in [0, 0.1) is 6.92 Å². The number of likely N-dealkylation sites (tertiary alicyclic amines) is 1. The third-order valence-corrected chi connectivity index (χ3v) is 5.14. The Bertz CT molecular complexity index is 640. The summed E-state index contributed by atoms with van der Waals surface area (Å²) in [7, 11) is -3.32. The third kappa shape index (κ3) is 3.44. The van der Waals surface area contributed by atoms with Crippen molar-refractivity contribution < 1.29 is 13.2 Å². The molecule has 1 heterocycles. The molecule has 0 bridgehead atoms. The molecule has 2 N–H and O–H groups in total. The van der Waals surface area contributed by atoms with E-state index in [1.807, 2.05) is 6.92 Å². The van der Waals surface area contributed by atoms with Gasteiger partial charge in [0.1, 0.15) is 0 Å². The number of benzene rings is 1. The van der Waals surface area contributed by atoms with Crippen molar-refractivity contribution in [2.75, 3.05) is 19.3 Å². The fourth-order valence-corrected chi connectivity index (χ4v) is 3.38. The molecule has 1 aliphatic heterocycles. The van der Waals surface area contributed by atoms with Crippen molar-refractivity contribution in [3.05, 3.63) is 29.3 Å². The van der Waals surface area contributed by atoms with Crippen molar-refractivity contribution >= 4 is 15.7 Å². The van der Waals surface area contributed by atoms with Crippen molar-refractivity contribution in [2.45, 2.75) is 37.1 Å². The molecule has 1 aliphatic rings. The molecule has 1 aromatic rings. The molecular formula is C15H22N2O3S. The van der Waals surface area contributed by atoms with Crippen molar-refractivity contribution in [1.29, 1.82) is 0 Å². The predicted octanol–water partition coefficient (Wildman–Crippen LogP) is 1.35. The van der Waals surface area contributed by atoms with Crippen molar-refractivity contribution in [3.8, 4) is 0 Å². The van der Waals surface area contributed by atoms with E-state index in [4.69, 9.17) is 5.73 Å². The molecule has 1 amide bonds. The molecule has 1 fully saturated rings. The minimum Gasteiger partial charge on any atom is -0.334 e. The number of piperidine rings is 1. The Morgan fingerprint density at radius 3 is 2.71 bits per heavy atom. The minimum atomic E-state index is -3.32. The summed E-state index contributed by atoms with van der Waals surface area (Å²) < 4.78 is 23.3. The highest BCUT2D eigenvalue weighted by atomic mass is 32.2. The van der Waals surface area contributed by atoms with Crippen LogP contribution in [0.15, 0.2) is 23.1 Å². The number of hydrogen-bond donors (Lipinski definition) is 1. The van der Waals surface area contributed by atoms with Gasteiger partial charge in [0.25, 0.3) is 5.91 Å². The summed E-state index contributed by atoms with van der Waals surface area (Å²) >= 11 is 0. The van der Waals surface area contributed by atoms with Crippen LogP contribution in [0.25, 0.3) is 0 Å². The second kappa shape index (κ2) is 6.15. The molecule has 0 spiro atoms. The summed E-state index contributed by atoms with van der Waals surface area (Å²) in [6.45, 7) is 2.94. The smallest absolute Gasteiger partial charge is 0.254 e. The Morgan fingerprint density at radius 2 is 2.10 bits per heavy atom. The van der Waals surface area contributed by atoms with E-state index >= 15 is 0 Å². The van der Waals surface area contributed by atoms with E-state index in [9.17, 15) is 13.2 Å². The Morgan fingerprint density at radius 1 is 1.38 bits per heavy atom. The average Bonchev–Trinajstić information content (AvgIpc) is 2.45. The topological polar surface area (TPSA) is 80.5 Å². The van der Waals surface area contributed by atoms with Gasteiger partial charge >= 0.3 is 0 Å². The maximum absolute atomic E-state index is 12.7. The molecule has 5 nitrogen and oxygen atoms in total. The predicted molar refractivity (Wildman–Crippen MR) is 82.0 cm³/mol. The highest BCUT2D eigenvalue weighted by Gasteiger charge is 2.27. The van der Waals surface area contributed by atoms with E-state index < -0.39 is 9.84 Å². The van der Waals surface area contributed by atoms with E-state index in [0.717, 1.165) is 31.1 Å². The summed E-state index contributed by atoms with van der Waals surface area (Å²) in [5.41, 5.74) is 7.00. The molecule has 1 aromatic carbocycles. The number of nitrogens with two attached hydrogens (primary N) is 1. The fourth-order valence-electron chi connectivity index (χ4n) is 2.73. The zero-order valence-corrected chi connectivity index (χ0v) is 13.3. The van der Waals surface area contributed by atoms with Crippen molar-refractivity contribution in [1.82, 2.24) is 4.90 Å². The molecule has 0 saturated carbocycles. The zero-order chi connectivity index (χ0) is 15.6. The van der Waals surface area contributed by atoms with Gasteiger partial charge in [-0.1, -0.05) is 6.07 Å². The number of aryl methyl sites for hydroxylation is 1. The van der Waals surface area contributed by atoms with E-state index in [-0.39, 0.29) is 16.8 Å². The molecule has 1 unspecified atom stereocenters. The van der Waals surface area contributed by atoms with Crippen LogP contribution in [-0.2, 0) is 9.84 Å². The minimum absolute atomic E-state index is 0.0486. The number of nitrogens with zero attached hydrogens (tertiary/aromatic N) is 1. The Hall–Kier alpha value is -1.40. The summed E-state index contributed by atoms with van der Waals surface area (Å²) in [5, 5.41) is 0. The van der Waals surface area contributed by atoms with Gasteiger partial charge in [-0.25, -0.2) is 8.42 Å². The first-order chi connectivity index (χ1) is 9.84. The molecule has 6 heteroatoms. The SMILES string of the molecule is Cc1ccc(S(C)(=O)=O)cc1C(=O)N1CCCCC1CN. The maximum Gasteiger partial charge on any atom is 0.254 e. The molecule has 116 valence electrons. The lowest BCUT2D eigenvalue weighted by molar-refractivity contribution is 0.0622. The van der Waals surface area contributed by atoms with Gasteiger partial charge in [0.05, 0.1) is 4.90 Å².